The molecular weight excluding hydrogens is 370 g/mol. The average Bonchev–Trinajstić information content (AvgIpc) is 2.75. The molecule has 3 nitrogen and oxygen atoms in total. The van der Waals surface area contributed by atoms with Crippen molar-refractivity contribution in [1.82, 2.24) is 0 Å². The molecule has 2 aromatic rings. The van der Waals surface area contributed by atoms with Gasteiger partial charge in [0, 0.05) is 34.8 Å². The highest BCUT2D eigenvalue weighted by Gasteiger charge is 2.42. The van der Waals surface area contributed by atoms with Gasteiger partial charge in [-0.05, 0) is 74.1 Å². The maximum Gasteiger partial charge on any atom is 0.127 e. The second-order valence-electron chi connectivity index (χ2n) is 8.47. The fraction of sp³-hybridized carbons (Fsp3) is 0.500. The van der Waals surface area contributed by atoms with Crippen LogP contribution in [0.5, 0.6) is 11.5 Å². The Morgan fingerprint density at radius 3 is 2.50 bits per heavy atom. The molecule has 0 amide bonds. The minimum absolute atomic E-state index is 0.186. The average molecular weight is 398 g/mol. The molecule has 1 saturated heterocycles. The summed E-state index contributed by atoms with van der Waals surface area (Å²) in [6.07, 6.45) is 9.47. The van der Waals surface area contributed by atoms with E-state index in [1.165, 1.54) is 56.2 Å². The van der Waals surface area contributed by atoms with Crippen molar-refractivity contribution in [3.8, 4) is 11.5 Å². The minimum Gasteiger partial charge on any atom is -0.457 e. The summed E-state index contributed by atoms with van der Waals surface area (Å²) in [6, 6.07) is 14.4. The number of ether oxygens (including phenoxy) is 2. The third-order valence-electron chi connectivity index (χ3n) is 6.69. The highest BCUT2D eigenvalue weighted by Crippen LogP contribution is 2.48. The minimum atomic E-state index is 0.186. The first-order valence-electron chi connectivity index (χ1n) is 10.7. The van der Waals surface area contributed by atoms with E-state index in [1.807, 2.05) is 24.3 Å². The van der Waals surface area contributed by atoms with E-state index in [2.05, 4.69) is 23.5 Å². The standard InChI is InChI=1S/C24H28ClNO2/c25-17-8-10-18(11-9-17)28-19-12-13-22-21(15-19)24-20(7-4-14-27-24)23(26-22)16-5-2-1-3-6-16/h8-13,15-16,20,23-24,26H,1-7,14H2/t20-,23-,24-/m0/s1. The van der Waals surface area contributed by atoms with Crippen molar-refractivity contribution < 1.29 is 9.47 Å². The van der Waals surface area contributed by atoms with Gasteiger partial charge in [0.1, 0.15) is 11.5 Å². The van der Waals surface area contributed by atoms with E-state index in [1.54, 1.807) is 0 Å². The summed E-state index contributed by atoms with van der Waals surface area (Å²) in [5.74, 6) is 3.00. The molecule has 28 heavy (non-hydrogen) atoms. The molecule has 2 fully saturated rings. The Morgan fingerprint density at radius 2 is 1.68 bits per heavy atom. The van der Waals surface area contributed by atoms with E-state index in [0.717, 1.165) is 24.0 Å². The summed E-state index contributed by atoms with van der Waals surface area (Å²) in [6.45, 7) is 0.861. The van der Waals surface area contributed by atoms with Gasteiger partial charge in [0.2, 0.25) is 0 Å². The molecule has 3 aliphatic rings. The fourth-order valence-corrected chi connectivity index (χ4v) is 5.48. The van der Waals surface area contributed by atoms with Crippen molar-refractivity contribution >= 4 is 17.3 Å². The van der Waals surface area contributed by atoms with E-state index in [9.17, 15) is 0 Å². The summed E-state index contributed by atoms with van der Waals surface area (Å²) in [5, 5.41) is 4.63. The van der Waals surface area contributed by atoms with Gasteiger partial charge in [0.05, 0.1) is 6.10 Å². The lowest BCUT2D eigenvalue weighted by Crippen LogP contribution is -2.46. The molecule has 2 heterocycles. The Bertz CT molecular complexity index is 816. The summed E-state index contributed by atoms with van der Waals surface area (Å²) < 4.78 is 12.4. The number of hydrogen-bond acceptors (Lipinski definition) is 3. The molecule has 1 saturated carbocycles. The first-order valence-corrected chi connectivity index (χ1v) is 11.1. The van der Waals surface area contributed by atoms with Crippen LogP contribution in [-0.4, -0.2) is 12.6 Å². The third-order valence-corrected chi connectivity index (χ3v) is 6.94. The molecule has 0 bridgehead atoms. The zero-order chi connectivity index (χ0) is 18.9. The maximum atomic E-state index is 6.34. The molecule has 3 atom stereocenters. The molecule has 5 rings (SSSR count). The van der Waals surface area contributed by atoms with Crippen LogP contribution in [0.3, 0.4) is 0 Å². The highest BCUT2D eigenvalue weighted by molar-refractivity contribution is 6.30. The quantitative estimate of drug-likeness (QED) is 0.606. The van der Waals surface area contributed by atoms with Crippen molar-refractivity contribution in [1.29, 1.82) is 0 Å². The van der Waals surface area contributed by atoms with Crippen LogP contribution < -0.4 is 10.1 Å². The Kier molecular flexibility index (Phi) is 5.21. The molecule has 0 radical (unpaired) electrons. The smallest absolute Gasteiger partial charge is 0.127 e. The van der Waals surface area contributed by atoms with E-state index >= 15 is 0 Å². The van der Waals surface area contributed by atoms with E-state index in [0.29, 0.717) is 17.0 Å². The SMILES string of the molecule is Clc1ccc(Oc2ccc3c(c2)[C@H]2OCCC[C@H]2[C@H](C2CCCCC2)N3)cc1. The molecule has 0 spiro atoms. The Balaban J connectivity index is 1.42. The van der Waals surface area contributed by atoms with Gasteiger partial charge in [0.15, 0.2) is 0 Å². The Morgan fingerprint density at radius 1 is 0.893 bits per heavy atom. The van der Waals surface area contributed by atoms with Gasteiger partial charge in [-0.15, -0.1) is 0 Å². The Labute approximate surface area is 172 Å². The number of benzene rings is 2. The molecule has 2 aliphatic heterocycles. The number of rotatable bonds is 3. The maximum absolute atomic E-state index is 6.34. The molecule has 4 heteroatoms. The molecule has 0 aromatic heterocycles. The van der Waals surface area contributed by atoms with Crippen LogP contribution in [0.4, 0.5) is 5.69 Å². The van der Waals surface area contributed by atoms with Crippen molar-refractivity contribution in [2.75, 3.05) is 11.9 Å². The van der Waals surface area contributed by atoms with Crippen LogP contribution in [0.15, 0.2) is 42.5 Å². The predicted molar refractivity (Wildman–Crippen MR) is 113 cm³/mol. The zero-order valence-electron chi connectivity index (χ0n) is 16.2. The van der Waals surface area contributed by atoms with Crippen LogP contribution in [0.1, 0.15) is 56.6 Å². The van der Waals surface area contributed by atoms with Crippen molar-refractivity contribution in [2.24, 2.45) is 11.8 Å². The van der Waals surface area contributed by atoms with Crippen molar-refractivity contribution in [3.63, 3.8) is 0 Å². The molecule has 148 valence electrons. The van der Waals surface area contributed by atoms with Gasteiger partial charge < -0.3 is 14.8 Å². The zero-order valence-corrected chi connectivity index (χ0v) is 17.0. The summed E-state index contributed by atoms with van der Waals surface area (Å²) in [4.78, 5) is 0. The summed E-state index contributed by atoms with van der Waals surface area (Å²) >= 11 is 5.98. The van der Waals surface area contributed by atoms with Crippen molar-refractivity contribution in [2.45, 2.75) is 57.1 Å². The lowest BCUT2D eigenvalue weighted by Gasteiger charge is -2.47. The van der Waals surface area contributed by atoms with E-state index in [-0.39, 0.29) is 6.10 Å². The first-order chi connectivity index (χ1) is 13.8. The number of fused-ring (bicyclic) bond motifs is 3. The van der Waals surface area contributed by atoms with Gasteiger partial charge in [0.25, 0.3) is 0 Å². The number of nitrogens with one attached hydrogen (secondary N) is 1. The first kappa shape index (κ1) is 18.3. The molecule has 1 aliphatic carbocycles. The van der Waals surface area contributed by atoms with Gasteiger partial charge >= 0.3 is 0 Å². The lowest BCUT2D eigenvalue weighted by atomic mass is 9.71. The normalized spacial score (nSPS) is 27.4. The number of hydrogen-bond donors (Lipinski definition) is 1. The third kappa shape index (κ3) is 3.62. The number of halogens is 1. The van der Waals surface area contributed by atoms with Crippen LogP contribution in [-0.2, 0) is 4.74 Å². The van der Waals surface area contributed by atoms with Crippen LogP contribution >= 0.6 is 11.6 Å². The van der Waals surface area contributed by atoms with E-state index in [4.69, 9.17) is 21.1 Å². The Hall–Kier alpha value is -1.71. The van der Waals surface area contributed by atoms with E-state index < -0.39 is 0 Å². The number of anilines is 1. The van der Waals surface area contributed by atoms with Gasteiger partial charge in [-0.3, -0.25) is 0 Å². The van der Waals surface area contributed by atoms with Gasteiger partial charge in [-0.1, -0.05) is 30.9 Å². The van der Waals surface area contributed by atoms with Gasteiger partial charge in [-0.25, -0.2) is 0 Å². The van der Waals surface area contributed by atoms with Gasteiger partial charge in [-0.2, -0.15) is 0 Å². The van der Waals surface area contributed by atoms with Crippen LogP contribution in [0.2, 0.25) is 5.02 Å². The van der Waals surface area contributed by atoms with Crippen LogP contribution in [0, 0.1) is 11.8 Å². The topological polar surface area (TPSA) is 30.5 Å². The fourth-order valence-electron chi connectivity index (χ4n) is 5.35. The lowest BCUT2D eigenvalue weighted by molar-refractivity contribution is -0.0458. The molecule has 0 unspecified atom stereocenters. The largest absolute Gasteiger partial charge is 0.457 e. The molecule has 1 N–H and O–H groups in total. The predicted octanol–water partition coefficient (Wildman–Crippen LogP) is 6.97. The second kappa shape index (κ2) is 7.96. The second-order valence-corrected chi connectivity index (χ2v) is 8.91. The summed E-state index contributed by atoms with van der Waals surface area (Å²) in [5.41, 5.74) is 2.48. The summed E-state index contributed by atoms with van der Waals surface area (Å²) in [7, 11) is 0. The molecular formula is C24H28ClNO2. The molecule has 2 aromatic carbocycles. The van der Waals surface area contributed by atoms with Crippen molar-refractivity contribution in [3.05, 3.63) is 53.1 Å². The monoisotopic (exact) mass is 397 g/mol. The highest BCUT2D eigenvalue weighted by atomic mass is 35.5. The van der Waals surface area contributed by atoms with Crippen LogP contribution in [0.25, 0.3) is 0 Å².